The van der Waals surface area contributed by atoms with Gasteiger partial charge in [-0.3, -0.25) is 0 Å². The zero-order chi connectivity index (χ0) is 15.9. The summed E-state index contributed by atoms with van der Waals surface area (Å²) in [5.41, 5.74) is 1.24. The van der Waals surface area contributed by atoms with Crippen molar-refractivity contribution in [3.8, 4) is 0 Å². The average molecular weight is 302 g/mol. The van der Waals surface area contributed by atoms with E-state index in [1.165, 1.54) is 5.56 Å². The first-order valence-corrected chi connectivity index (χ1v) is 7.90. The summed E-state index contributed by atoms with van der Waals surface area (Å²) in [6, 6.07) is 10.6. The summed E-state index contributed by atoms with van der Waals surface area (Å²) in [4.78, 5) is 0. The highest BCUT2D eigenvalue weighted by atomic mass is 16.2. The van der Waals surface area contributed by atoms with E-state index in [2.05, 4.69) is 46.1 Å². The van der Waals surface area contributed by atoms with E-state index < -0.39 is 0 Å². The Hall–Kier alpha value is -1.72. The Labute approximate surface area is 132 Å². The van der Waals surface area contributed by atoms with Crippen LogP contribution in [0.2, 0.25) is 0 Å². The van der Waals surface area contributed by atoms with E-state index >= 15 is 0 Å². The molecule has 5 nitrogen and oxygen atoms in total. The molecule has 1 aromatic heterocycles. The Balaban J connectivity index is 2.05. The summed E-state index contributed by atoms with van der Waals surface area (Å²) in [6.45, 7) is 5.12. The number of hydrogen-bond acceptors (Lipinski definition) is 4. The summed E-state index contributed by atoms with van der Waals surface area (Å²) in [6.07, 6.45) is 1.68. The molecule has 0 radical (unpaired) electrons. The SMILES string of the molecule is CC(C)c1nnc(CNC(CCCO)c2ccccc2)n1C. The molecule has 0 aliphatic rings. The molecular weight excluding hydrogens is 276 g/mol. The molecule has 1 heterocycles. The molecule has 0 aliphatic carbocycles. The number of benzene rings is 1. The minimum absolute atomic E-state index is 0.215. The van der Waals surface area contributed by atoms with Gasteiger partial charge in [-0.25, -0.2) is 0 Å². The van der Waals surface area contributed by atoms with Crippen molar-refractivity contribution in [2.45, 2.75) is 45.2 Å². The fourth-order valence-electron chi connectivity index (χ4n) is 2.61. The Morgan fingerprint density at radius 1 is 1.18 bits per heavy atom. The number of nitrogens with one attached hydrogen (secondary N) is 1. The van der Waals surface area contributed by atoms with Crippen molar-refractivity contribution in [3.05, 3.63) is 47.5 Å². The molecule has 1 aromatic carbocycles. The summed E-state index contributed by atoms with van der Waals surface area (Å²) in [5, 5.41) is 21.2. The summed E-state index contributed by atoms with van der Waals surface area (Å²) in [5.74, 6) is 2.31. The molecule has 0 aliphatic heterocycles. The zero-order valence-corrected chi connectivity index (χ0v) is 13.7. The number of aliphatic hydroxyl groups is 1. The van der Waals surface area contributed by atoms with Crippen molar-refractivity contribution in [1.29, 1.82) is 0 Å². The maximum absolute atomic E-state index is 9.10. The van der Waals surface area contributed by atoms with Crippen LogP contribution in [0.15, 0.2) is 30.3 Å². The minimum atomic E-state index is 0.215. The van der Waals surface area contributed by atoms with Gasteiger partial charge in [-0.05, 0) is 18.4 Å². The van der Waals surface area contributed by atoms with Crippen LogP contribution in [0, 0.1) is 0 Å². The van der Waals surface area contributed by atoms with E-state index in [1.807, 2.05) is 25.2 Å². The van der Waals surface area contributed by atoms with Gasteiger partial charge in [-0.15, -0.1) is 10.2 Å². The zero-order valence-electron chi connectivity index (χ0n) is 13.7. The van der Waals surface area contributed by atoms with Crippen molar-refractivity contribution in [1.82, 2.24) is 20.1 Å². The molecule has 2 aromatic rings. The lowest BCUT2D eigenvalue weighted by Crippen LogP contribution is -2.23. The van der Waals surface area contributed by atoms with Gasteiger partial charge in [0.15, 0.2) is 0 Å². The molecule has 120 valence electrons. The average Bonchev–Trinajstić information content (AvgIpc) is 2.89. The van der Waals surface area contributed by atoms with Crippen LogP contribution in [0.1, 0.15) is 55.9 Å². The topological polar surface area (TPSA) is 63.0 Å². The lowest BCUT2D eigenvalue weighted by molar-refractivity contribution is 0.274. The molecule has 0 amide bonds. The van der Waals surface area contributed by atoms with Gasteiger partial charge >= 0.3 is 0 Å². The first-order chi connectivity index (χ1) is 10.6. The normalized spacial score (nSPS) is 12.8. The maximum Gasteiger partial charge on any atom is 0.146 e. The largest absolute Gasteiger partial charge is 0.396 e. The molecule has 2 N–H and O–H groups in total. The second kappa shape index (κ2) is 8.06. The van der Waals surface area contributed by atoms with E-state index in [-0.39, 0.29) is 12.6 Å². The number of hydrogen-bond donors (Lipinski definition) is 2. The van der Waals surface area contributed by atoms with Crippen LogP contribution in [0.3, 0.4) is 0 Å². The predicted molar refractivity (Wildman–Crippen MR) is 87.4 cm³/mol. The quantitative estimate of drug-likeness (QED) is 0.786. The Bertz CT molecular complexity index is 565. The summed E-state index contributed by atoms with van der Waals surface area (Å²) < 4.78 is 2.06. The lowest BCUT2D eigenvalue weighted by atomic mass is 10.0. The second-order valence-electron chi connectivity index (χ2n) is 5.90. The Morgan fingerprint density at radius 3 is 2.50 bits per heavy atom. The molecule has 2 rings (SSSR count). The smallest absolute Gasteiger partial charge is 0.146 e. The number of nitrogens with zero attached hydrogens (tertiary/aromatic N) is 3. The third kappa shape index (κ3) is 4.15. The van der Waals surface area contributed by atoms with Crippen LogP contribution in [-0.2, 0) is 13.6 Å². The number of aliphatic hydroxyl groups excluding tert-OH is 1. The van der Waals surface area contributed by atoms with Gasteiger partial charge in [0.05, 0.1) is 6.54 Å². The van der Waals surface area contributed by atoms with Crippen molar-refractivity contribution in [2.75, 3.05) is 6.61 Å². The number of rotatable bonds is 8. The molecule has 5 heteroatoms. The summed E-state index contributed by atoms with van der Waals surface area (Å²) in [7, 11) is 2.01. The Kier molecular flexibility index (Phi) is 6.10. The first kappa shape index (κ1) is 16.6. The maximum atomic E-state index is 9.10. The fraction of sp³-hybridized carbons (Fsp3) is 0.529. The van der Waals surface area contributed by atoms with Gasteiger partial charge in [0.1, 0.15) is 11.6 Å². The molecule has 0 fully saturated rings. The lowest BCUT2D eigenvalue weighted by Gasteiger charge is -2.19. The highest BCUT2D eigenvalue weighted by Crippen LogP contribution is 2.19. The molecule has 0 saturated carbocycles. The second-order valence-corrected chi connectivity index (χ2v) is 5.90. The van der Waals surface area contributed by atoms with Crippen LogP contribution < -0.4 is 5.32 Å². The fourth-order valence-corrected chi connectivity index (χ4v) is 2.61. The highest BCUT2D eigenvalue weighted by molar-refractivity contribution is 5.19. The molecule has 22 heavy (non-hydrogen) atoms. The van der Waals surface area contributed by atoms with Crippen LogP contribution in [0.5, 0.6) is 0 Å². The highest BCUT2D eigenvalue weighted by Gasteiger charge is 2.14. The predicted octanol–water partition coefficient (Wildman–Crippen LogP) is 2.54. The molecule has 1 atom stereocenters. The van der Waals surface area contributed by atoms with E-state index in [1.54, 1.807) is 0 Å². The minimum Gasteiger partial charge on any atom is -0.396 e. The van der Waals surface area contributed by atoms with Crippen molar-refractivity contribution in [3.63, 3.8) is 0 Å². The van der Waals surface area contributed by atoms with Gasteiger partial charge in [-0.1, -0.05) is 44.2 Å². The third-order valence-electron chi connectivity index (χ3n) is 3.87. The van der Waals surface area contributed by atoms with E-state index in [0.29, 0.717) is 12.5 Å². The van der Waals surface area contributed by atoms with E-state index in [4.69, 9.17) is 5.11 Å². The van der Waals surface area contributed by atoms with Crippen molar-refractivity contribution in [2.24, 2.45) is 7.05 Å². The van der Waals surface area contributed by atoms with Crippen molar-refractivity contribution >= 4 is 0 Å². The molecule has 0 bridgehead atoms. The van der Waals surface area contributed by atoms with E-state index in [9.17, 15) is 0 Å². The summed E-state index contributed by atoms with van der Waals surface area (Å²) >= 11 is 0. The van der Waals surface area contributed by atoms with Crippen molar-refractivity contribution < 1.29 is 5.11 Å². The van der Waals surface area contributed by atoms with Gasteiger partial charge in [0.2, 0.25) is 0 Å². The van der Waals surface area contributed by atoms with Gasteiger partial charge in [0.25, 0.3) is 0 Å². The standard InChI is InChI=1S/C17H26N4O/c1-13(2)17-20-19-16(21(17)3)12-18-15(10-7-11-22)14-8-5-4-6-9-14/h4-6,8-9,13,15,18,22H,7,10-12H2,1-3H3. The van der Waals surface area contributed by atoms with Gasteiger partial charge < -0.3 is 15.0 Å². The van der Waals surface area contributed by atoms with Crippen LogP contribution >= 0.6 is 0 Å². The van der Waals surface area contributed by atoms with Gasteiger partial charge in [-0.2, -0.15) is 0 Å². The third-order valence-corrected chi connectivity index (χ3v) is 3.87. The first-order valence-electron chi connectivity index (χ1n) is 7.90. The van der Waals surface area contributed by atoms with Gasteiger partial charge in [0, 0.05) is 25.6 Å². The molecular formula is C17H26N4O. The van der Waals surface area contributed by atoms with Crippen LogP contribution in [-0.4, -0.2) is 26.5 Å². The number of aromatic nitrogens is 3. The van der Waals surface area contributed by atoms with Crippen LogP contribution in [0.25, 0.3) is 0 Å². The Morgan fingerprint density at radius 2 is 1.91 bits per heavy atom. The molecule has 0 spiro atoms. The molecule has 0 saturated heterocycles. The van der Waals surface area contributed by atoms with Crippen LogP contribution in [0.4, 0.5) is 0 Å². The molecule has 1 unspecified atom stereocenters. The van der Waals surface area contributed by atoms with E-state index in [0.717, 1.165) is 24.5 Å². The monoisotopic (exact) mass is 302 g/mol.